The van der Waals surface area contributed by atoms with Gasteiger partial charge in [-0.3, -0.25) is 10.1 Å². The van der Waals surface area contributed by atoms with Crippen LogP contribution in [0.5, 0.6) is 0 Å². The number of nitriles is 1. The Balaban J connectivity index is 1.53. The quantitative estimate of drug-likeness (QED) is 0.574. The molecule has 0 bridgehead atoms. The number of hydrogen-bond donors (Lipinski definition) is 1. The van der Waals surface area contributed by atoms with E-state index in [9.17, 15) is 14.9 Å². The van der Waals surface area contributed by atoms with E-state index in [4.69, 9.17) is 9.72 Å². The van der Waals surface area contributed by atoms with E-state index in [0.29, 0.717) is 31.0 Å². The molecule has 10 nitrogen and oxygen atoms in total. The highest BCUT2D eigenvalue weighted by Gasteiger charge is 2.34. The van der Waals surface area contributed by atoms with Crippen LogP contribution in [0, 0.1) is 24.2 Å². The largest absolute Gasteiger partial charge is 0.444 e. The zero-order valence-electron chi connectivity index (χ0n) is 21.3. The molecule has 4 rings (SSSR count). The number of anilines is 1. The molecular formula is C26H31N7O3. The highest BCUT2D eigenvalue weighted by atomic mass is 16.6. The van der Waals surface area contributed by atoms with Gasteiger partial charge in [0.1, 0.15) is 17.3 Å². The summed E-state index contributed by atoms with van der Waals surface area (Å²) in [5, 5.41) is 12.9. The van der Waals surface area contributed by atoms with Crippen LogP contribution in [-0.4, -0.2) is 55.1 Å². The monoisotopic (exact) mass is 489 g/mol. The molecule has 3 aromatic rings. The normalized spacial score (nSPS) is 16.6. The highest BCUT2D eigenvalue weighted by Crippen LogP contribution is 2.29. The van der Waals surface area contributed by atoms with Crippen molar-refractivity contribution in [2.24, 2.45) is 5.92 Å². The van der Waals surface area contributed by atoms with Crippen molar-refractivity contribution in [3.8, 4) is 6.07 Å². The first-order valence-electron chi connectivity index (χ1n) is 12.1. The number of fused-ring (bicyclic) bond motifs is 1. The smallest absolute Gasteiger partial charge is 0.410 e. The third-order valence-corrected chi connectivity index (χ3v) is 6.12. The molecule has 0 aliphatic carbocycles. The first-order valence-corrected chi connectivity index (χ1v) is 12.1. The Morgan fingerprint density at radius 3 is 2.72 bits per heavy atom. The summed E-state index contributed by atoms with van der Waals surface area (Å²) in [6.45, 7) is 10.6. The Morgan fingerprint density at radius 1 is 1.28 bits per heavy atom. The number of nitrogens with zero attached hydrogens (tertiary/aromatic N) is 6. The van der Waals surface area contributed by atoms with E-state index in [1.54, 1.807) is 6.20 Å². The van der Waals surface area contributed by atoms with Crippen LogP contribution >= 0.6 is 0 Å². The summed E-state index contributed by atoms with van der Waals surface area (Å²) in [4.78, 5) is 40.4. The van der Waals surface area contributed by atoms with Crippen LogP contribution in [0.3, 0.4) is 0 Å². The van der Waals surface area contributed by atoms with Gasteiger partial charge in [0.05, 0.1) is 28.7 Å². The van der Waals surface area contributed by atoms with Crippen LogP contribution in [0.2, 0.25) is 0 Å². The molecule has 1 aliphatic rings. The Morgan fingerprint density at radius 2 is 2.03 bits per heavy atom. The molecule has 36 heavy (non-hydrogen) atoms. The molecule has 188 valence electrons. The van der Waals surface area contributed by atoms with E-state index < -0.39 is 23.5 Å². The van der Waals surface area contributed by atoms with Gasteiger partial charge < -0.3 is 14.2 Å². The summed E-state index contributed by atoms with van der Waals surface area (Å²) in [6, 6.07) is 10.1. The van der Waals surface area contributed by atoms with Gasteiger partial charge in [-0.05, 0) is 58.7 Å². The number of aromatic nitrogens is 4. The number of benzene rings is 1. The third kappa shape index (κ3) is 5.15. The van der Waals surface area contributed by atoms with Gasteiger partial charge in [-0.15, -0.1) is 0 Å². The molecular weight excluding hydrogens is 458 g/mol. The van der Waals surface area contributed by atoms with Crippen molar-refractivity contribution in [3.63, 3.8) is 0 Å². The van der Waals surface area contributed by atoms with Crippen molar-refractivity contribution in [1.82, 2.24) is 24.4 Å². The summed E-state index contributed by atoms with van der Waals surface area (Å²) in [5.41, 5.74) is 2.39. The van der Waals surface area contributed by atoms with Gasteiger partial charge in [-0.25, -0.2) is 19.7 Å². The number of para-hydroxylation sites is 2. The van der Waals surface area contributed by atoms with Crippen molar-refractivity contribution >= 4 is 29.0 Å². The Kier molecular flexibility index (Phi) is 6.93. The van der Waals surface area contributed by atoms with E-state index in [0.717, 1.165) is 16.6 Å². The average molecular weight is 490 g/mol. The molecule has 1 aromatic carbocycles. The predicted molar refractivity (Wildman–Crippen MR) is 134 cm³/mol. The predicted octanol–water partition coefficient (Wildman–Crippen LogP) is 4.01. The van der Waals surface area contributed by atoms with Gasteiger partial charge in [-0.2, -0.15) is 5.26 Å². The minimum atomic E-state index is -0.731. The topological polar surface area (TPSA) is 126 Å². The van der Waals surface area contributed by atoms with Crippen molar-refractivity contribution in [2.45, 2.75) is 59.1 Å². The summed E-state index contributed by atoms with van der Waals surface area (Å²) in [6.07, 6.45) is 1.69. The summed E-state index contributed by atoms with van der Waals surface area (Å²) in [5.74, 6) is -0.683. The highest BCUT2D eigenvalue weighted by molar-refractivity contribution is 5.91. The number of likely N-dealkylation sites (tertiary alicyclic amines) is 1. The molecule has 10 heteroatoms. The van der Waals surface area contributed by atoms with Gasteiger partial charge in [0.25, 0.3) is 0 Å². The van der Waals surface area contributed by atoms with Crippen molar-refractivity contribution in [2.75, 3.05) is 18.4 Å². The van der Waals surface area contributed by atoms with Crippen LogP contribution in [0.15, 0.2) is 30.5 Å². The summed E-state index contributed by atoms with van der Waals surface area (Å²) < 4.78 is 7.42. The Labute approximate surface area is 210 Å². The lowest BCUT2D eigenvalue weighted by Gasteiger charge is -2.24. The lowest BCUT2D eigenvalue weighted by molar-refractivity contribution is -0.119. The average Bonchev–Trinajstić information content (AvgIpc) is 3.46. The molecule has 2 unspecified atom stereocenters. The Hall–Kier alpha value is -4.00. The van der Waals surface area contributed by atoms with Gasteiger partial charge in [0.15, 0.2) is 0 Å². The standard InChI is InChI=1S/C26H31N7O3/c1-6-33-20-10-8-7-9-19(20)29-22(33)18(13-27)21-16(2)14-28-24(30-21)31-23(34)17-11-12-32(15-17)25(35)36-26(3,4)5/h7-10,14,17-18H,6,11-12,15H2,1-5H3,(H,28,30,31,34). The lowest BCUT2D eigenvalue weighted by atomic mass is 10.0. The SMILES string of the molecule is CCn1c(C(C#N)c2nc(NC(=O)C3CCN(C(=O)OC(C)(C)C)C3)ncc2C)nc2ccccc21. The zero-order valence-corrected chi connectivity index (χ0v) is 21.3. The fraction of sp³-hybridized carbons (Fsp3) is 0.462. The van der Waals surface area contributed by atoms with Gasteiger partial charge in [0, 0.05) is 25.8 Å². The minimum Gasteiger partial charge on any atom is -0.444 e. The first kappa shape index (κ1) is 25.1. The van der Waals surface area contributed by atoms with E-state index in [2.05, 4.69) is 21.4 Å². The van der Waals surface area contributed by atoms with Crippen molar-refractivity contribution in [1.29, 1.82) is 5.26 Å². The maximum Gasteiger partial charge on any atom is 0.410 e. The van der Waals surface area contributed by atoms with Crippen LogP contribution < -0.4 is 5.32 Å². The van der Waals surface area contributed by atoms with Crippen LogP contribution in [-0.2, 0) is 16.1 Å². The maximum atomic E-state index is 12.9. The van der Waals surface area contributed by atoms with Crippen molar-refractivity contribution in [3.05, 3.63) is 47.5 Å². The second-order valence-corrected chi connectivity index (χ2v) is 9.93. The number of hydrogen-bond acceptors (Lipinski definition) is 7. The molecule has 1 N–H and O–H groups in total. The molecule has 1 fully saturated rings. The maximum absolute atomic E-state index is 12.9. The molecule has 1 aliphatic heterocycles. The van der Waals surface area contributed by atoms with Crippen molar-refractivity contribution < 1.29 is 14.3 Å². The summed E-state index contributed by atoms with van der Waals surface area (Å²) in [7, 11) is 0. The van der Waals surface area contributed by atoms with Crippen LogP contribution in [0.1, 0.15) is 57.1 Å². The number of carbonyl (C=O) groups excluding carboxylic acids is 2. The molecule has 0 saturated carbocycles. The molecule has 0 radical (unpaired) electrons. The molecule has 2 amide bonds. The van der Waals surface area contributed by atoms with Gasteiger partial charge in [0.2, 0.25) is 11.9 Å². The lowest BCUT2D eigenvalue weighted by Crippen LogP contribution is -2.36. The number of imidazole rings is 1. The fourth-order valence-corrected chi connectivity index (χ4v) is 4.37. The second-order valence-electron chi connectivity index (χ2n) is 9.93. The van der Waals surface area contributed by atoms with Crippen LogP contribution in [0.4, 0.5) is 10.7 Å². The number of rotatable bonds is 5. The molecule has 2 atom stereocenters. The number of nitrogens with one attached hydrogen (secondary N) is 1. The van der Waals surface area contributed by atoms with Gasteiger partial charge >= 0.3 is 6.09 Å². The number of carbonyl (C=O) groups is 2. The van der Waals surface area contributed by atoms with Crippen LogP contribution in [0.25, 0.3) is 11.0 Å². The Bertz CT molecular complexity index is 1340. The van der Waals surface area contributed by atoms with E-state index in [1.165, 1.54) is 4.90 Å². The second kappa shape index (κ2) is 9.93. The van der Waals surface area contributed by atoms with E-state index >= 15 is 0 Å². The van der Waals surface area contributed by atoms with Gasteiger partial charge in [-0.1, -0.05) is 12.1 Å². The first-order chi connectivity index (χ1) is 17.1. The minimum absolute atomic E-state index is 0.121. The molecule has 0 spiro atoms. The third-order valence-electron chi connectivity index (χ3n) is 6.12. The summed E-state index contributed by atoms with van der Waals surface area (Å²) >= 11 is 0. The molecule has 2 aromatic heterocycles. The number of aryl methyl sites for hydroxylation is 2. The van der Waals surface area contributed by atoms with E-state index in [-0.39, 0.29) is 18.4 Å². The molecule has 3 heterocycles. The zero-order chi connectivity index (χ0) is 26.0. The van der Waals surface area contributed by atoms with E-state index in [1.807, 2.05) is 63.5 Å². The number of ether oxygens (including phenoxy) is 1. The number of amides is 2. The molecule has 1 saturated heterocycles. The fourth-order valence-electron chi connectivity index (χ4n) is 4.37.